The van der Waals surface area contributed by atoms with E-state index >= 15 is 0 Å². The van der Waals surface area contributed by atoms with Crippen LogP contribution >= 0.6 is 0 Å². The van der Waals surface area contributed by atoms with Gasteiger partial charge >= 0.3 is 6.03 Å². The van der Waals surface area contributed by atoms with Crippen molar-refractivity contribution in [3.05, 3.63) is 0 Å². The first-order valence-corrected chi connectivity index (χ1v) is 7.88. The molecule has 122 valence electrons. The molecule has 22 heavy (non-hydrogen) atoms. The van der Waals surface area contributed by atoms with Crippen molar-refractivity contribution in [1.82, 2.24) is 14.7 Å². The number of carbonyl (C=O) groups is 3. The Bertz CT molecular complexity index is 509. The van der Waals surface area contributed by atoms with E-state index < -0.39 is 11.6 Å². The van der Waals surface area contributed by atoms with Crippen molar-refractivity contribution in [3.63, 3.8) is 0 Å². The molecule has 3 fully saturated rings. The van der Waals surface area contributed by atoms with Crippen LogP contribution in [0.25, 0.3) is 0 Å². The van der Waals surface area contributed by atoms with Gasteiger partial charge in [-0.2, -0.15) is 0 Å². The van der Waals surface area contributed by atoms with E-state index in [4.69, 9.17) is 0 Å². The molecule has 0 spiro atoms. The van der Waals surface area contributed by atoms with Gasteiger partial charge in [-0.05, 0) is 31.6 Å². The molecule has 4 amide bonds. The molecular weight excluding hydrogens is 286 g/mol. The number of imide groups is 1. The third-order valence-corrected chi connectivity index (χ3v) is 5.41. The second-order valence-corrected chi connectivity index (χ2v) is 6.77. The topological polar surface area (TPSA) is 81.2 Å². The molecule has 1 saturated carbocycles. The van der Waals surface area contributed by atoms with Crippen LogP contribution in [0.2, 0.25) is 0 Å². The molecule has 1 N–H and O–H groups in total. The van der Waals surface area contributed by atoms with Crippen molar-refractivity contribution < 1.29 is 19.5 Å². The second kappa shape index (κ2) is 5.22. The van der Waals surface area contributed by atoms with Gasteiger partial charge < -0.3 is 14.9 Å². The highest BCUT2D eigenvalue weighted by molar-refractivity contribution is 6.05. The van der Waals surface area contributed by atoms with Crippen LogP contribution in [0.1, 0.15) is 32.1 Å². The number of piperidine rings is 1. The van der Waals surface area contributed by atoms with Crippen molar-refractivity contribution in [2.24, 2.45) is 5.92 Å². The lowest BCUT2D eigenvalue weighted by Crippen LogP contribution is -2.44. The maximum Gasteiger partial charge on any atom is 0.326 e. The molecule has 2 saturated heterocycles. The van der Waals surface area contributed by atoms with Crippen molar-refractivity contribution in [3.8, 4) is 0 Å². The smallest absolute Gasteiger partial charge is 0.326 e. The molecule has 1 aliphatic carbocycles. The molecule has 1 unspecified atom stereocenters. The Morgan fingerprint density at radius 3 is 2.27 bits per heavy atom. The Labute approximate surface area is 129 Å². The second-order valence-electron chi connectivity index (χ2n) is 6.77. The van der Waals surface area contributed by atoms with Crippen LogP contribution in [-0.2, 0) is 9.59 Å². The highest BCUT2D eigenvalue weighted by Crippen LogP contribution is 2.46. The van der Waals surface area contributed by atoms with E-state index in [1.54, 1.807) is 11.9 Å². The van der Waals surface area contributed by atoms with E-state index in [1.165, 1.54) is 11.9 Å². The fraction of sp³-hybridized carbons (Fsp3) is 0.800. The Balaban J connectivity index is 1.55. The first-order chi connectivity index (χ1) is 10.3. The van der Waals surface area contributed by atoms with Gasteiger partial charge in [0, 0.05) is 27.2 Å². The zero-order valence-electron chi connectivity index (χ0n) is 13.1. The Morgan fingerprint density at radius 1 is 1.23 bits per heavy atom. The highest BCUT2D eigenvalue weighted by atomic mass is 16.3. The maximum absolute atomic E-state index is 12.4. The lowest BCUT2D eigenvalue weighted by atomic mass is 9.89. The van der Waals surface area contributed by atoms with Crippen LogP contribution in [0, 0.1) is 5.92 Å². The summed E-state index contributed by atoms with van der Waals surface area (Å²) in [6.07, 6.45) is 3.42. The fourth-order valence-electron chi connectivity index (χ4n) is 3.57. The van der Waals surface area contributed by atoms with Crippen LogP contribution in [0.3, 0.4) is 0 Å². The van der Waals surface area contributed by atoms with Gasteiger partial charge in [-0.3, -0.25) is 14.5 Å². The predicted molar refractivity (Wildman–Crippen MR) is 77.8 cm³/mol. The zero-order valence-corrected chi connectivity index (χ0v) is 13.1. The lowest BCUT2D eigenvalue weighted by molar-refractivity contribution is -0.137. The van der Waals surface area contributed by atoms with Crippen LogP contribution in [-0.4, -0.2) is 76.5 Å². The van der Waals surface area contributed by atoms with Crippen molar-refractivity contribution in [2.75, 3.05) is 27.2 Å². The summed E-state index contributed by atoms with van der Waals surface area (Å²) in [5.74, 6) is -0.113. The summed E-state index contributed by atoms with van der Waals surface area (Å²) in [6, 6.07) is -1.05. The SMILES string of the molecule is CN1C(=O)C(CC(=O)N2CCC(C3(O)CC3)CC2)N(C)C1=O. The summed E-state index contributed by atoms with van der Waals surface area (Å²) in [5, 5.41) is 10.1. The molecule has 2 heterocycles. The average Bonchev–Trinajstić information content (AvgIpc) is 3.25. The van der Waals surface area contributed by atoms with E-state index in [9.17, 15) is 19.5 Å². The van der Waals surface area contributed by atoms with Crippen LogP contribution in [0.4, 0.5) is 4.79 Å². The molecule has 3 aliphatic rings. The summed E-state index contributed by atoms with van der Waals surface area (Å²) in [5.41, 5.74) is -0.480. The molecule has 1 atom stereocenters. The molecule has 0 radical (unpaired) electrons. The van der Waals surface area contributed by atoms with Gasteiger partial charge in [0.25, 0.3) is 5.91 Å². The first-order valence-electron chi connectivity index (χ1n) is 7.88. The van der Waals surface area contributed by atoms with E-state index in [0.717, 1.165) is 30.6 Å². The maximum atomic E-state index is 12.4. The van der Waals surface area contributed by atoms with Crippen LogP contribution in [0.5, 0.6) is 0 Å². The molecule has 2 aliphatic heterocycles. The number of amides is 4. The van der Waals surface area contributed by atoms with Gasteiger partial charge in [-0.15, -0.1) is 0 Å². The normalized spacial score (nSPS) is 28.5. The van der Waals surface area contributed by atoms with Gasteiger partial charge in [-0.1, -0.05) is 0 Å². The van der Waals surface area contributed by atoms with Crippen LogP contribution in [0.15, 0.2) is 0 Å². The first kappa shape index (κ1) is 15.3. The van der Waals surface area contributed by atoms with Gasteiger partial charge in [0.15, 0.2) is 0 Å². The van der Waals surface area contributed by atoms with E-state index in [1.807, 2.05) is 0 Å². The summed E-state index contributed by atoms with van der Waals surface area (Å²) >= 11 is 0. The highest BCUT2D eigenvalue weighted by Gasteiger charge is 2.48. The molecule has 3 rings (SSSR count). The number of urea groups is 1. The minimum absolute atomic E-state index is 0.0420. The Morgan fingerprint density at radius 2 is 1.82 bits per heavy atom. The van der Waals surface area contributed by atoms with Gasteiger partial charge in [-0.25, -0.2) is 4.79 Å². The molecule has 7 heteroatoms. The van der Waals surface area contributed by atoms with Crippen molar-refractivity contribution >= 4 is 17.8 Å². The van der Waals surface area contributed by atoms with E-state index in [2.05, 4.69) is 0 Å². The number of rotatable bonds is 3. The molecule has 7 nitrogen and oxygen atoms in total. The fourth-order valence-corrected chi connectivity index (χ4v) is 3.57. The Kier molecular flexibility index (Phi) is 3.63. The number of likely N-dealkylation sites (N-methyl/N-ethyl adjacent to an activating group) is 2. The third kappa shape index (κ3) is 2.47. The Hall–Kier alpha value is -1.63. The van der Waals surface area contributed by atoms with Gasteiger partial charge in [0.1, 0.15) is 6.04 Å². The van der Waals surface area contributed by atoms with E-state index in [0.29, 0.717) is 19.0 Å². The largest absolute Gasteiger partial charge is 0.390 e. The summed E-state index contributed by atoms with van der Waals surface area (Å²) < 4.78 is 0. The summed E-state index contributed by atoms with van der Waals surface area (Å²) in [4.78, 5) is 40.3. The number of nitrogens with zero attached hydrogens (tertiary/aromatic N) is 3. The predicted octanol–water partition coefficient (Wildman–Crippen LogP) is 0.0324. The van der Waals surface area contributed by atoms with Crippen molar-refractivity contribution in [1.29, 1.82) is 0 Å². The standard InChI is InChI=1S/C15H23N3O4/c1-16-11(13(20)17(2)14(16)21)9-12(19)18-7-3-10(4-8-18)15(22)5-6-15/h10-11,22H,3-9H2,1-2H3. The number of hydrogen-bond donors (Lipinski definition) is 1. The molecular formula is C15H23N3O4. The zero-order chi connectivity index (χ0) is 16.1. The quantitative estimate of drug-likeness (QED) is 0.746. The molecule has 0 aromatic heterocycles. The minimum Gasteiger partial charge on any atom is -0.390 e. The number of likely N-dealkylation sites (tertiary alicyclic amines) is 1. The summed E-state index contributed by atoms with van der Waals surface area (Å²) in [6.45, 7) is 1.25. The molecule has 0 bridgehead atoms. The average molecular weight is 309 g/mol. The summed E-state index contributed by atoms with van der Waals surface area (Å²) in [7, 11) is 2.99. The monoisotopic (exact) mass is 309 g/mol. The molecule has 0 aromatic carbocycles. The minimum atomic E-state index is -0.685. The van der Waals surface area contributed by atoms with Gasteiger partial charge in [0.05, 0.1) is 12.0 Å². The lowest BCUT2D eigenvalue weighted by Gasteiger charge is -2.35. The van der Waals surface area contributed by atoms with E-state index in [-0.39, 0.29) is 24.3 Å². The van der Waals surface area contributed by atoms with Gasteiger partial charge in [0.2, 0.25) is 5.91 Å². The number of aliphatic hydroxyl groups is 1. The number of hydrogen-bond acceptors (Lipinski definition) is 4. The van der Waals surface area contributed by atoms with Crippen molar-refractivity contribution in [2.45, 2.75) is 43.7 Å². The van der Waals surface area contributed by atoms with Crippen LogP contribution < -0.4 is 0 Å². The number of carbonyl (C=O) groups excluding carboxylic acids is 3. The third-order valence-electron chi connectivity index (χ3n) is 5.41. The molecule has 0 aromatic rings.